The van der Waals surface area contributed by atoms with Crippen LogP contribution in [0.4, 0.5) is 0 Å². The van der Waals surface area contributed by atoms with Gasteiger partial charge >= 0.3 is 0 Å². The fraction of sp³-hybridized carbons (Fsp3) is 0.375. The Balaban J connectivity index is 1.66. The lowest BCUT2D eigenvalue weighted by molar-refractivity contribution is -0.146. The fourth-order valence-electron chi connectivity index (χ4n) is 3.67. The number of hydrogen-bond acceptors (Lipinski definition) is 4. The molecule has 2 saturated heterocycles. The Morgan fingerprint density at radius 3 is 2.67 bits per heavy atom. The first kappa shape index (κ1) is 12.7. The monoisotopic (exact) mass is 285 g/mol. The number of amides is 2. The predicted octanol–water partition coefficient (Wildman–Crippen LogP) is 0.487. The number of nitrogens with zero attached hydrogens (tertiary/aromatic N) is 1. The third kappa shape index (κ3) is 1.58. The molecular weight excluding hydrogens is 270 g/mol. The lowest BCUT2D eigenvalue weighted by Crippen LogP contribution is -2.43. The van der Waals surface area contributed by atoms with Gasteiger partial charge in [-0.2, -0.15) is 0 Å². The molecule has 0 radical (unpaired) electrons. The van der Waals surface area contributed by atoms with Crippen LogP contribution in [0.5, 0.6) is 0 Å². The third-order valence-electron chi connectivity index (χ3n) is 4.68. The smallest absolute Gasteiger partial charge is 0.236 e. The molecule has 5 heteroatoms. The Hall–Kier alpha value is -1.98. The van der Waals surface area contributed by atoms with Crippen LogP contribution in [0.2, 0.25) is 0 Å². The van der Waals surface area contributed by atoms with E-state index >= 15 is 0 Å². The van der Waals surface area contributed by atoms with Crippen molar-refractivity contribution >= 4 is 11.8 Å². The lowest BCUT2D eigenvalue weighted by atomic mass is 9.77. The number of aliphatic hydroxyl groups is 1. The van der Waals surface area contributed by atoms with Gasteiger partial charge in [0.25, 0.3) is 0 Å². The van der Waals surface area contributed by atoms with Crippen LogP contribution in [0, 0.1) is 11.8 Å². The topological polar surface area (TPSA) is 66.8 Å². The molecule has 21 heavy (non-hydrogen) atoms. The Morgan fingerprint density at radius 2 is 1.95 bits per heavy atom. The molecular formula is C16H15NO4. The van der Waals surface area contributed by atoms with Gasteiger partial charge in [-0.05, 0) is 5.56 Å². The summed E-state index contributed by atoms with van der Waals surface area (Å²) in [6.07, 6.45) is 3.13. The highest BCUT2D eigenvalue weighted by molar-refractivity contribution is 6.07. The van der Waals surface area contributed by atoms with Crippen LogP contribution in [0.3, 0.4) is 0 Å². The van der Waals surface area contributed by atoms with Crippen LogP contribution in [-0.2, 0) is 20.9 Å². The molecule has 3 aliphatic rings. The maximum atomic E-state index is 12.6. The number of carbonyl (C=O) groups is 2. The average Bonchev–Trinajstić information content (AvgIpc) is 3.15. The number of benzene rings is 1. The molecule has 2 bridgehead atoms. The van der Waals surface area contributed by atoms with Crippen molar-refractivity contribution in [3.05, 3.63) is 48.0 Å². The zero-order valence-corrected chi connectivity index (χ0v) is 11.3. The van der Waals surface area contributed by atoms with Gasteiger partial charge in [0.05, 0.1) is 31.1 Å². The van der Waals surface area contributed by atoms with Gasteiger partial charge in [-0.3, -0.25) is 14.5 Å². The zero-order chi connectivity index (χ0) is 14.6. The Kier molecular flexibility index (Phi) is 2.58. The Bertz CT molecular complexity index is 641. The van der Waals surface area contributed by atoms with Crippen molar-refractivity contribution in [3.8, 4) is 0 Å². The molecule has 2 amide bonds. The van der Waals surface area contributed by atoms with Gasteiger partial charge in [-0.15, -0.1) is 0 Å². The first-order valence-corrected chi connectivity index (χ1v) is 7.03. The number of aliphatic hydroxyl groups excluding tert-OH is 1. The highest BCUT2D eigenvalue weighted by atomic mass is 16.5. The summed E-state index contributed by atoms with van der Waals surface area (Å²) in [5.74, 6) is -1.51. The summed E-state index contributed by atoms with van der Waals surface area (Å²) in [5.41, 5.74) is -0.0912. The van der Waals surface area contributed by atoms with E-state index in [1.165, 1.54) is 4.90 Å². The average molecular weight is 285 g/mol. The van der Waals surface area contributed by atoms with Gasteiger partial charge < -0.3 is 9.84 Å². The van der Waals surface area contributed by atoms with Gasteiger partial charge in [-0.25, -0.2) is 0 Å². The molecule has 0 spiro atoms. The zero-order valence-electron chi connectivity index (χ0n) is 11.3. The molecule has 0 unspecified atom stereocenters. The molecule has 3 aliphatic heterocycles. The van der Waals surface area contributed by atoms with E-state index in [4.69, 9.17) is 4.74 Å². The van der Waals surface area contributed by atoms with Crippen LogP contribution in [-0.4, -0.2) is 40.1 Å². The molecule has 4 rings (SSSR count). The molecule has 0 aromatic heterocycles. The van der Waals surface area contributed by atoms with E-state index < -0.39 is 17.4 Å². The predicted molar refractivity (Wildman–Crippen MR) is 72.8 cm³/mol. The van der Waals surface area contributed by atoms with E-state index in [0.717, 1.165) is 5.56 Å². The number of ether oxygens (including phenoxy) is 1. The quantitative estimate of drug-likeness (QED) is 0.648. The van der Waals surface area contributed by atoms with Gasteiger partial charge in [0.1, 0.15) is 5.60 Å². The highest BCUT2D eigenvalue weighted by Crippen LogP contribution is 2.51. The Morgan fingerprint density at radius 1 is 1.19 bits per heavy atom. The highest BCUT2D eigenvalue weighted by Gasteiger charge is 2.67. The van der Waals surface area contributed by atoms with Crippen LogP contribution in [0.1, 0.15) is 5.56 Å². The Labute approximate surface area is 121 Å². The summed E-state index contributed by atoms with van der Waals surface area (Å²) in [5, 5.41) is 9.61. The second-order valence-electron chi connectivity index (χ2n) is 5.81. The van der Waals surface area contributed by atoms with Crippen molar-refractivity contribution in [1.29, 1.82) is 0 Å². The van der Waals surface area contributed by atoms with Crippen LogP contribution in [0.25, 0.3) is 0 Å². The van der Waals surface area contributed by atoms with Crippen molar-refractivity contribution in [2.24, 2.45) is 11.8 Å². The first-order chi connectivity index (χ1) is 10.2. The van der Waals surface area contributed by atoms with Crippen molar-refractivity contribution < 1.29 is 19.4 Å². The van der Waals surface area contributed by atoms with Crippen LogP contribution in [0.15, 0.2) is 42.5 Å². The third-order valence-corrected chi connectivity index (χ3v) is 4.68. The second-order valence-corrected chi connectivity index (χ2v) is 5.81. The number of likely N-dealkylation sites (tertiary alicyclic amines) is 1. The normalized spacial score (nSPS) is 36.6. The minimum Gasteiger partial charge on any atom is -0.393 e. The number of carbonyl (C=O) groups excluding carboxylic acids is 2. The van der Waals surface area contributed by atoms with Gasteiger partial charge in [0.2, 0.25) is 11.8 Å². The molecule has 2 fully saturated rings. The standard InChI is InChI=1S/C16H15NO4/c18-9-16-7-6-11(21-16)12-13(16)15(20)17(14(12)19)8-10-4-2-1-3-5-10/h1-7,11-13,18H,8-9H2/t11-,12-,13+,16-/m1/s1. The minimum absolute atomic E-state index is 0.196. The number of rotatable bonds is 3. The minimum atomic E-state index is -1.01. The van der Waals surface area contributed by atoms with Gasteiger partial charge in [-0.1, -0.05) is 42.5 Å². The molecule has 0 saturated carbocycles. The molecule has 108 valence electrons. The van der Waals surface area contributed by atoms with E-state index in [2.05, 4.69) is 0 Å². The largest absolute Gasteiger partial charge is 0.393 e. The molecule has 0 aliphatic carbocycles. The SMILES string of the molecule is O=C1[C@H]2[C@@H](C(=O)N1Cc1ccccc1)[C@]1(CO)C=C[C@H]2O1. The van der Waals surface area contributed by atoms with Crippen molar-refractivity contribution in [2.45, 2.75) is 18.2 Å². The van der Waals surface area contributed by atoms with Gasteiger partial charge in [0, 0.05) is 0 Å². The molecule has 1 aromatic carbocycles. The van der Waals surface area contributed by atoms with Crippen molar-refractivity contribution in [3.63, 3.8) is 0 Å². The number of fused-ring (bicyclic) bond motifs is 5. The summed E-state index contributed by atoms with van der Waals surface area (Å²) in [6.45, 7) is -0.000894. The van der Waals surface area contributed by atoms with Crippen LogP contribution < -0.4 is 0 Å². The number of imide groups is 1. The maximum absolute atomic E-state index is 12.6. The molecule has 1 N–H and O–H groups in total. The molecule has 1 aromatic rings. The van der Waals surface area contributed by atoms with E-state index in [0.29, 0.717) is 0 Å². The summed E-state index contributed by atoms with van der Waals surface area (Å²) in [6, 6.07) is 9.43. The summed E-state index contributed by atoms with van der Waals surface area (Å²) in [4.78, 5) is 26.5. The van der Waals surface area contributed by atoms with Crippen molar-refractivity contribution in [1.82, 2.24) is 4.90 Å². The molecule has 5 nitrogen and oxygen atoms in total. The summed E-state index contributed by atoms with van der Waals surface area (Å²) < 4.78 is 5.69. The van der Waals surface area contributed by atoms with Gasteiger partial charge in [0.15, 0.2) is 0 Å². The molecule has 3 heterocycles. The van der Waals surface area contributed by atoms with E-state index in [9.17, 15) is 14.7 Å². The van der Waals surface area contributed by atoms with Crippen molar-refractivity contribution in [2.75, 3.05) is 6.61 Å². The van der Waals surface area contributed by atoms with E-state index in [1.807, 2.05) is 30.3 Å². The first-order valence-electron chi connectivity index (χ1n) is 7.03. The molecule has 4 atom stereocenters. The van der Waals surface area contributed by atoms with Crippen LogP contribution >= 0.6 is 0 Å². The number of hydrogen-bond donors (Lipinski definition) is 1. The maximum Gasteiger partial charge on any atom is 0.236 e. The fourth-order valence-corrected chi connectivity index (χ4v) is 3.67. The lowest BCUT2D eigenvalue weighted by Gasteiger charge is -2.26. The second kappa shape index (κ2) is 4.26. The van der Waals surface area contributed by atoms with E-state index in [-0.39, 0.29) is 31.1 Å². The summed E-state index contributed by atoms with van der Waals surface area (Å²) >= 11 is 0. The van der Waals surface area contributed by atoms with E-state index in [1.54, 1.807) is 12.2 Å². The summed E-state index contributed by atoms with van der Waals surface area (Å²) in [7, 11) is 0.